The van der Waals surface area contributed by atoms with E-state index in [0.717, 1.165) is 56.3 Å². The maximum atomic E-state index is 5.88. The molecule has 0 saturated carbocycles. The van der Waals surface area contributed by atoms with Gasteiger partial charge in [0.05, 0.1) is 6.61 Å². The Bertz CT molecular complexity index is 439. The topological polar surface area (TPSA) is 64.3 Å². The lowest BCUT2D eigenvalue weighted by atomic mass is 10.1. The first-order valence-corrected chi connectivity index (χ1v) is 8.03. The SMILES string of the molecule is CCCN1CCOC(c2nc(C)c(CCCN)c(C)n2)C1. The molecular weight excluding hydrogens is 264 g/mol. The van der Waals surface area contributed by atoms with E-state index in [1.165, 1.54) is 12.0 Å². The molecule has 0 aromatic carbocycles. The summed E-state index contributed by atoms with van der Waals surface area (Å²) in [6, 6.07) is 0. The van der Waals surface area contributed by atoms with E-state index in [4.69, 9.17) is 20.4 Å². The highest BCUT2D eigenvalue weighted by Crippen LogP contribution is 2.22. The van der Waals surface area contributed by atoms with Crippen molar-refractivity contribution in [2.75, 3.05) is 32.8 Å². The van der Waals surface area contributed by atoms with Crippen LogP contribution in [0.3, 0.4) is 0 Å². The summed E-state index contributed by atoms with van der Waals surface area (Å²) in [5.74, 6) is 0.835. The molecule has 0 spiro atoms. The Kier molecular flexibility index (Phi) is 6.08. The Hall–Kier alpha value is -1.04. The molecule has 1 unspecified atom stereocenters. The van der Waals surface area contributed by atoms with Crippen LogP contribution in [0.4, 0.5) is 0 Å². The quantitative estimate of drug-likeness (QED) is 0.865. The molecule has 5 nitrogen and oxygen atoms in total. The van der Waals surface area contributed by atoms with Crippen molar-refractivity contribution in [3.63, 3.8) is 0 Å². The highest BCUT2D eigenvalue weighted by molar-refractivity contribution is 5.25. The summed E-state index contributed by atoms with van der Waals surface area (Å²) in [7, 11) is 0. The molecule has 2 rings (SSSR count). The molecule has 1 saturated heterocycles. The van der Waals surface area contributed by atoms with E-state index in [0.29, 0.717) is 6.54 Å². The average molecular weight is 292 g/mol. The molecule has 5 heteroatoms. The third-order valence-corrected chi connectivity index (χ3v) is 4.05. The van der Waals surface area contributed by atoms with Gasteiger partial charge in [-0.3, -0.25) is 4.90 Å². The molecule has 1 aromatic rings. The van der Waals surface area contributed by atoms with Crippen LogP contribution >= 0.6 is 0 Å². The number of aryl methyl sites for hydroxylation is 2. The van der Waals surface area contributed by atoms with Crippen LogP contribution in [0.15, 0.2) is 0 Å². The van der Waals surface area contributed by atoms with Gasteiger partial charge in [-0.15, -0.1) is 0 Å². The highest BCUT2D eigenvalue weighted by atomic mass is 16.5. The number of rotatable bonds is 6. The lowest BCUT2D eigenvalue weighted by Gasteiger charge is -2.32. The van der Waals surface area contributed by atoms with Crippen LogP contribution < -0.4 is 5.73 Å². The molecule has 118 valence electrons. The monoisotopic (exact) mass is 292 g/mol. The number of nitrogens with zero attached hydrogens (tertiary/aromatic N) is 3. The molecule has 1 fully saturated rings. The Labute approximate surface area is 127 Å². The smallest absolute Gasteiger partial charge is 0.158 e. The maximum Gasteiger partial charge on any atom is 0.158 e. The second-order valence-corrected chi connectivity index (χ2v) is 5.78. The van der Waals surface area contributed by atoms with Gasteiger partial charge < -0.3 is 10.5 Å². The molecule has 0 bridgehead atoms. The molecule has 21 heavy (non-hydrogen) atoms. The Morgan fingerprint density at radius 2 is 2.00 bits per heavy atom. The van der Waals surface area contributed by atoms with Crippen molar-refractivity contribution in [2.24, 2.45) is 5.73 Å². The normalized spacial score (nSPS) is 19.9. The fraction of sp³-hybridized carbons (Fsp3) is 0.750. The number of morpholine rings is 1. The first-order valence-electron chi connectivity index (χ1n) is 8.03. The molecule has 1 atom stereocenters. The Morgan fingerprint density at radius 1 is 1.29 bits per heavy atom. The van der Waals surface area contributed by atoms with Gasteiger partial charge in [-0.1, -0.05) is 6.92 Å². The van der Waals surface area contributed by atoms with Crippen LogP contribution in [-0.4, -0.2) is 47.7 Å². The highest BCUT2D eigenvalue weighted by Gasteiger charge is 2.24. The van der Waals surface area contributed by atoms with Crippen molar-refractivity contribution in [3.8, 4) is 0 Å². The van der Waals surface area contributed by atoms with Crippen molar-refractivity contribution < 1.29 is 4.74 Å². The predicted molar refractivity (Wildman–Crippen MR) is 84.3 cm³/mol. The van der Waals surface area contributed by atoms with Gasteiger partial charge >= 0.3 is 0 Å². The molecule has 1 aliphatic heterocycles. The fourth-order valence-electron chi connectivity index (χ4n) is 2.93. The summed E-state index contributed by atoms with van der Waals surface area (Å²) in [5.41, 5.74) is 8.98. The Morgan fingerprint density at radius 3 is 2.62 bits per heavy atom. The maximum absolute atomic E-state index is 5.88. The van der Waals surface area contributed by atoms with E-state index >= 15 is 0 Å². The van der Waals surface area contributed by atoms with Gasteiger partial charge in [-0.2, -0.15) is 0 Å². The van der Waals surface area contributed by atoms with Gasteiger partial charge in [-0.05, 0) is 51.8 Å². The Balaban J connectivity index is 2.13. The largest absolute Gasteiger partial charge is 0.368 e. The van der Waals surface area contributed by atoms with Crippen molar-refractivity contribution in [2.45, 2.75) is 46.1 Å². The number of aromatic nitrogens is 2. The van der Waals surface area contributed by atoms with E-state index < -0.39 is 0 Å². The summed E-state index contributed by atoms with van der Waals surface area (Å²) in [6.45, 7) is 10.8. The summed E-state index contributed by atoms with van der Waals surface area (Å²) in [4.78, 5) is 11.8. The zero-order valence-electron chi connectivity index (χ0n) is 13.6. The number of hydrogen-bond donors (Lipinski definition) is 1. The first-order chi connectivity index (χ1) is 10.2. The van der Waals surface area contributed by atoms with Crippen molar-refractivity contribution in [1.29, 1.82) is 0 Å². The van der Waals surface area contributed by atoms with Crippen molar-refractivity contribution in [3.05, 3.63) is 22.8 Å². The van der Waals surface area contributed by atoms with Gasteiger partial charge in [0.1, 0.15) is 6.10 Å². The van der Waals surface area contributed by atoms with Crippen LogP contribution in [0.5, 0.6) is 0 Å². The summed E-state index contributed by atoms with van der Waals surface area (Å²) >= 11 is 0. The zero-order chi connectivity index (χ0) is 15.2. The standard InChI is InChI=1S/C16H28N4O/c1-4-8-20-9-10-21-15(11-20)16-18-12(2)14(6-5-7-17)13(3)19-16/h15H,4-11,17H2,1-3H3. The van der Waals surface area contributed by atoms with Crippen molar-refractivity contribution in [1.82, 2.24) is 14.9 Å². The third-order valence-electron chi connectivity index (χ3n) is 4.05. The van der Waals surface area contributed by atoms with Crippen molar-refractivity contribution >= 4 is 0 Å². The second-order valence-electron chi connectivity index (χ2n) is 5.78. The van der Waals surface area contributed by atoms with Crippen LogP contribution in [0.2, 0.25) is 0 Å². The zero-order valence-corrected chi connectivity index (χ0v) is 13.6. The predicted octanol–water partition coefficient (Wildman–Crippen LogP) is 1.77. The molecular formula is C16H28N4O. The molecule has 1 aromatic heterocycles. The van der Waals surface area contributed by atoms with E-state index in [1.54, 1.807) is 0 Å². The van der Waals surface area contributed by atoms with Crippen LogP contribution in [0.1, 0.15) is 48.6 Å². The van der Waals surface area contributed by atoms with Gasteiger partial charge in [0.2, 0.25) is 0 Å². The molecule has 0 aliphatic carbocycles. The minimum absolute atomic E-state index is 0.00579. The summed E-state index contributed by atoms with van der Waals surface area (Å²) < 4.78 is 5.88. The number of nitrogens with two attached hydrogens (primary N) is 1. The molecule has 2 heterocycles. The van der Waals surface area contributed by atoms with E-state index in [-0.39, 0.29) is 6.10 Å². The van der Waals surface area contributed by atoms with E-state index in [1.807, 2.05) is 0 Å². The van der Waals surface area contributed by atoms with Gasteiger partial charge in [0.25, 0.3) is 0 Å². The van der Waals surface area contributed by atoms with E-state index in [2.05, 4.69) is 25.7 Å². The number of hydrogen-bond acceptors (Lipinski definition) is 5. The van der Waals surface area contributed by atoms with Crippen LogP contribution in [0, 0.1) is 13.8 Å². The fourth-order valence-corrected chi connectivity index (χ4v) is 2.93. The lowest BCUT2D eigenvalue weighted by molar-refractivity contribution is -0.0343. The molecule has 0 amide bonds. The lowest BCUT2D eigenvalue weighted by Crippen LogP contribution is -2.39. The number of ether oxygens (including phenoxy) is 1. The minimum atomic E-state index is 0.00579. The van der Waals surface area contributed by atoms with E-state index in [9.17, 15) is 0 Å². The summed E-state index contributed by atoms with van der Waals surface area (Å²) in [6.07, 6.45) is 3.12. The average Bonchev–Trinajstić information content (AvgIpc) is 2.47. The van der Waals surface area contributed by atoms with Gasteiger partial charge in [-0.25, -0.2) is 9.97 Å². The molecule has 2 N–H and O–H groups in total. The van der Waals surface area contributed by atoms with Crippen LogP contribution in [-0.2, 0) is 11.2 Å². The van der Waals surface area contributed by atoms with Gasteiger partial charge in [0.15, 0.2) is 5.82 Å². The molecule has 1 aliphatic rings. The molecule has 0 radical (unpaired) electrons. The van der Waals surface area contributed by atoms with Crippen LogP contribution in [0.25, 0.3) is 0 Å². The third kappa shape index (κ3) is 4.22. The first kappa shape index (κ1) is 16.3. The minimum Gasteiger partial charge on any atom is -0.368 e. The summed E-state index contributed by atoms with van der Waals surface area (Å²) in [5, 5.41) is 0. The van der Waals surface area contributed by atoms with Gasteiger partial charge in [0, 0.05) is 24.5 Å². The second kappa shape index (κ2) is 7.82.